The van der Waals surface area contributed by atoms with E-state index < -0.39 is 0 Å². The monoisotopic (exact) mass is 373 g/mol. The highest BCUT2D eigenvalue weighted by atomic mass is 19.1. The van der Waals surface area contributed by atoms with Gasteiger partial charge in [0.15, 0.2) is 18.8 Å². The molecule has 8 heteroatoms. The van der Waals surface area contributed by atoms with Crippen LogP contribution < -0.4 is 10.2 Å². The number of quaternary nitrogens is 1. The summed E-state index contributed by atoms with van der Waals surface area (Å²) < 4.78 is 24.5. The summed E-state index contributed by atoms with van der Waals surface area (Å²) in [6.07, 6.45) is 2.43. The fourth-order valence-corrected chi connectivity index (χ4v) is 2.76. The van der Waals surface area contributed by atoms with E-state index in [2.05, 4.69) is 15.5 Å². The van der Waals surface area contributed by atoms with E-state index in [9.17, 15) is 9.18 Å². The van der Waals surface area contributed by atoms with Gasteiger partial charge in [0.2, 0.25) is 0 Å². The normalized spacial score (nSPS) is 12.1. The van der Waals surface area contributed by atoms with Gasteiger partial charge in [-0.1, -0.05) is 25.1 Å². The van der Waals surface area contributed by atoms with Crippen LogP contribution in [0.3, 0.4) is 0 Å². The van der Waals surface area contributed by atoms with Crippen molar-refractivity contribution in [3.63, 3.8) is 0 Å². The maximum Gasteiger partial charge on any atom is 0.283 e. The Kier molecular flexibility index (Phi) is 6.32. The lowest BCUT2D eigenvalue weighted by molar-refractivity contribution is -0.907. The van der Waals surface area contributed by atoms with Crippen LogP contribution in [0.2, 0.25) is 0 Å². The van der Waals surface area contributed by atoms with Crippen molar-refractivity contribution in [2.24, 2.45) is 0 Å². The maximum atomic E-state index is 13.6. The molecular formula is C19H22FN4O3+. The predicted molar refractivity (Wildman–Crippen MR) is 94.9 cm³/mol. The minimum absolute atomic E-state index is 0.160. The third kappa shape index (κ3) is 5.24. The van der Waals surface area contributed by atoms with Crippen molar-refractivity contribution >= 4 is 5.91 Å². The second kappa shape index (κ2) is 9.09. The van der Waals surface area contributed by atoms with Crippen molar-refractivity contribution in [2.45, 2.75) is 26.4 Å². The van der Waals surface area contributed by atoms with Gasteiger partial charge in [0, 0.05) is 12.1 Å². The molecule has 0 fully saturated rings. The van der Waals surface area contributed by atoms with Gasteiger partial charge in [0.05, 0.1) is 12.8 Å². The molecule has 1 unspecified atom stereocenters. The number of amides is 1. The van der Waals surface area contributed by atoms with Crippen LogP contribution in [0.1, 0.15) is 24.8 Å². The Labute approximate surface area is 156 Å². The molecule has 0 spiro atoms. The molecule has 0 saturated heterocycles. The predicted octanol–water partition coefficient (Wildman–Crippen LogP) is 1.58. The number of halogens is 1. The molecule has 3 aromatic rings. The van der Waals surface area contributed by atoms with Gasteiger partial charge < -0.3 is 19.1 Å². The standard InChI is InChI=1S/C19H21FN4O3/c1-2-9-24(12-17(25)21-11-14-6-3-4-7-15(14)20)13-18-22-23-19(27-18)16-8-5-10-26-16/h3-8,10H,2,9,11-13H2,1H3,(H,21,25)/p+1. The summed E-state index contributed by atoms with van der Waals surface area (Å²) >= 11 is 0. The van der Waals surface area contributed by atoms with Crippen molar-refractivity contribution in [1.82, 2.24) is 15.5 Å². The van der Waals surface area contributed by atoms with Crippen LogP contribution in [0.25, 0.3) is 11.7 Å². The number of benzene rings is 1. The van der Waals surface area contributed by atoms with Crippen molar-refractivity contribution in [1.29, 1.82) is 0 Å². The molecule has 0 radical (unpaired) electrons. The number of carbonyl (C=O) groups is 1. The third-order valence-corrected chi connectivity index (χ3v) is 4.05. The van der Waals surface area contributed by atoms with E-state index in [0.29, 0.717) is 29.6 Å². The molecule has 1 atom stereocenters. The van der Waals surface area contributed by atoms with Gasteiger partial charge in [-0.25, -0.2) is 4.39 Å². The summed E-state index contributed by atoms with van der Waals surface area (Å²) in [5.41, 5.74) is 0.461. The van der Waals surface area contributed by atoms with Gasteiger partial charge in [0.1, 0.15) is 5.82 Å². The average Bonchev–Trinajstić information content (AvgIpc) is 3.33. The van der Waals surface area contributed by atoms with Gasteiger partial charge in [-0.15, -0.1) is 10.2 Å². The molecule has 0 aliphatic heterocycles. The number of aromatic nitrogens is 2. The summed E-state index contributed by atoms with van der Waals surface area (Å²) in [6.45, 7) is 3.63. The van der Waals surface area contributed by atoms with Crippen LogP contribution in [0.4, 0.5) is 4.39 Å². The number of furan rings is 1. The van der Waals surface area contributed by atoms with Crippen molar-refractivity contribution in [2.75, 3.05) is 13.1 Å². The number of hydrogen-bond donors (Lipinski definition) is 2. The summed E-state index contributed by atoms with van der Waals surface area (Å²) in [5.74, 6) is 0.773. The summed E-state index contributed by atoms with van der Waals surface area (Å²) in [6, 6.07) is 9.88. The second-order valence-corrected chi connectivity index (χ2v) is 6.20. The Balaban J connectivity index is 1.55. The van der Waals surface area contributed by atoms with Crippen LogP contribution in [-0.4, -0.2) is 29.2 Å². The van der Waals surface area contributed by atoms with Gasteiger partial charge in [-0.05, 0) is 24.6 Å². The Morgan fingerprint density at radius 2 is 2.07 bits per heavy atom. The summed E-state index contributed by atoms with van der Waals surface area (Å²) in [5, 5.41) is 10.8. The number of carbonyl (C=O) groups excluding carboxylic acids is 1. The van der Waals surface area contributed by atoms with Crippen molar-refractivity contribution in [3.8, 4) is 11.7 Å². The first-order valence-corrected chi connectivity index (χ1v) is 8.85. The minimum Gasteiger partial charge on any atom is -0.459 e. The lowest BCUT2D eigenvalue weighted by Crippen LogP contribution is -3.12. The van der Waals surface area contributed by atoms with Gasteiger partial charge in [-0.2, -0.15) is 0 Å². The first-order valence-electron chi connectivity index (χ1n) is 8.85. The number of nitrogens with zero attached hydrogens (tertiary/aromatic N) is 2. The topological polar surface area (TPSA) is 85.6 Å². The number of nitrogens with one attached hydrogen (secondary N) is 2. The molecule has 3 rings (SSSR count). The molecule has 1 aromatic carbocycles. The van der Waals surface area contributed by atoms with Crippen molar-refractivity contribution < 1.29 is 22.9 Å². The molecule has 2 N–H and O–H groups in total. The molecule has 0 bridgehead atoms. The highest BCUT2D eigenvalue weighted by Gasteiger charge is 2.19. The molecule has 0 aliphatic carbocycles. The van der Waals surface area contributed by atoms with Gasteiger partial charge in [-0.3, -0.25) is 4.79 Å². The average molecular weight is 373 g/mol. The lowest BCUT2D eigenvalue weighted by atomic mass is 10.2. The quantitative estimate of drug-likeness (QED) is 0.595. The molecule has 0 saturated carbocycles. The van der Waals surface area contributed by atoms with Crippen LogP contribution in [0.5, 0.6) is 0 Å². The molecule has 142 valence electrons. The van der Waals surface area contributed by atoms with E-state index in [1.165, 1.54) is 12.3 Å². The van der Waals surface area contributed by atoms with E-state index in [1.54, 1.807) is 30.3 Å². The smallest absolute Gasteiger partial charge is 0.283 e. The maximum absolute atomic E-state index is 13.6. The Morgan fingerprint density at radius 3 is 2.81 bits per heavy atom. The third-order valence-electron chi connectivity index (χ3n) is 4.05. The van der Waals surface area contributed by atoms with Crippen molar-refractivity contribution in [3.05, 3.63) is 59.9 Å². The van der Waals surface area contributed by atoms with Gasteiger partial charge >= 0.3 is 0 Å². The number of hydrogen-bond acceptors (Lipinski definition) is 5. The first kappa shape index (κ1) is 18.8. The zero-order chi connectivity index (χ0) is 19.1. The van der Waals surface area contributed by atoms with Crippen LogP contribution in [0.15, 0.2) is 51.5 Å². The van der Waals surface area contributed by atoms with Crippen LogP contribution in [0, 0.1) is 5.82 Å². The van der Waals surface area contributed by atoms with Crippen LogP contribution >= 0.6 is 0 Å². The Morgan fingerprint density at radius 1 is 1.22 bits per heavy atom. The molecular weight excluding hydrogens is 351 g/mol. The Hall–Kier alpha value is -3.00. The summed E-state index contributed by atoms with van der Waals surface area (Å²) in [7, 11) is 0. The fourth-order valence-electron chi connectivity index (χ4n) is 2.76. The highest BCUT2D eigenvalue weighted by Crippen LogP contribution is 2.17. The highest BCUT2D eigenvalue weighted by molar-refractivity contribution is 5.76. The van der Waals surface area contributed by atoms with E-state index in [0.717, 1.165) is 17.9 Å². The number of rotatable bonds is 9. The molecule has 2 aromatic heterocycles. The largest absolute Gasteiger partial charge is 0.459 e. The van der Waals surface area contributed by atoms with Gasteiger partial charge in [0.25, 0.3) is 17.7 Å². The minimum atomic E-state index is -0.327. The van der Waals surface area contributed by atoms with E-state index in [-0.39, 0.29) is 24.8 Å². The lowest BCUT2D eigenvalue weighted by Gasteiger charge is -2.16. The molecule has 2 heterocycles. The Bertz CT molecular complexity index is 863. The SMILES string of the molecule is CCC[NH+](CC(=O)NCc1ccccc1F)Cc1nnc(-c2ccco2)o1. The zero-order valence-corrected chi connectivity index (χ0v) is 15.1. The second-order valence-electron chi connectivity index (χ2n) is 6.20. The van der Waals surface area contributed by atoms with E-state index in [4.69, 9.17) is 8.83 Å². The molecule has 1 amide bonds. The van der Waals surface area contributed by atoms with Crippen LogP contribution in [-0.2, 0) is 17.9 Å². The molecule has 7 nitrogen and oxygen atoms in total. The van der Waals surface area contributed by atoms with E-state index >= 15 is 0 Å². The molecule has 27 heavy (non-hydrogen) atoms. The summed E-state index contributed by atoms with van der Waals surface area (Å²) in [4.78, 5) is 13.2. The molecule has 0 aliphatic rings. The van der Waals surface area contributed by atoms with E-state index in [1.807, 2.05) is 6.92 Å². The first-order chi connectivity index (χ1) is 13.2. The fraction of sp³-hybridized carbons (Fsp3) is 0.316. The zero-order valence-electron chi connectivity index (χ0n) is 15.1.